The fourth-order valence-corrected chi connectivity index (χ4v) is 6.73. The molecule has 4 heteroatoms. The van der Waals surface area contributed by atoms with Gasteiger partial charge in [0.1, 0.15) is 11.3 Å². The van der Waals surface area contributed by atoms with Crippen LogP contribution in [0.25, 0.3) is 77.5 Å². The molecule has 4 nitrogen and oxygen atoms in total. The van der Waals surface area contributed by atoms with E-state index in [4.69, 9.17) is 9.97 Å². The monoisotopic (exact) mass is 562 g/mol. The van der Waals surface area contributed by atoms with Gasteiger partial charge in [-0.2, -0.15) is 0 Å². The Morgan fingerprint density at radius 1 is 0.364 bits per heavy atom. The maximum atomic E-state index is 4.80. The summed E-state index contributed by atoms with van der Waals surface area (Å²) in [7, 11) is 0. The molecule has 0 amide bonds. The van der Waals surface area contributed by atoms with Crippen LogP contribution in [0.2, 0.25) is 0 Å². The number of para-hydroxylation sites is 2. The molecule has 0 aliphatic heterocycles. The van der Waals surface area contributed by atoms with Gasteiger partial charge in [-0.25, -0.2) is 9.97 Å². The second-order valence-electron chi connectivity index (χ2n) is 11.1. The SMILES string of the molecule is c1cc(-c2ccccc2-c2cccc(-n3c4ccccc4c4cccnc43)c2)cc(-n2c3ccccc3c3cccnc32)c1. The summed E-state index contributed by atoms with van der Waals surface area (Å²) < 4.78 is 4.54. The summed E-state index contributed by atoms with van der Waals surface area (Å²) in [6.45, 7) is 0. The number of fused-ring (bicyclic) bond motifs is 6. The van der Waals surface area contributed by atoms with E-state index in [9.17, 15) is 0 Å². The predicted molar refractivity (Wildman–Crippen MR) is 182 cm³/mol. The van der Waals surface area contributed by atoms with Crippen molar-refractivity contribution >= 4 is 43.9 Å². The van der Waals surface area contributed by atoms with Gasteiger partial charge in [-0.15, -0.1) is 0 Å². The Morgan fingerprint density at radius 2 is 0.795 bits per heavy atom. The molecule has 0 aliphatic carbocycles. The van der Waals surface area contributed by atoms with Crippen molar-refractivity contribution in [2.45, 2.75) is 0 Å². The standard InChI is InChI=1S/C40H26N4/c1-2-16-32(28-12-8-14-30(26-28)44-38-22-6-4-18-34(38)36-20-10-24-42-40(36)44)31(15-1)27-11-7-13-29(25-27)43-37-21-5-3-17-33(37)35-19-9-23-41-39(35)43/h1-26H. The van der Waals surface area contributed by atoms with Crippen molar-refractivity contribution in [1.82, 2.24) is 19.1 Å². The maximum Gasteiger partial charge on any atom is 0.145 e. The van der Waals surface area contributed by atoms with Gasteiger partial charge in [0, 0.05) is 45.3 Å². The molecule has 0 unspecified atom stereocenters. The molecule has 5 aromatic carbocycles. The van der Waals surface area contributed by atoms with Gasteiger partial charge < -0.3 is 0 Å². The first-order valence-electron chi connectivity index (χ1n) is 14.8. The van der Waals surface area contributed by atoms with Gasteiger partial charge in [0.05, 0.1) is 11.0 Å². The van der Waals surface area contributed by atoms with Gasteiger partial charge in [0.15, 0.2) is 0 Å². The first kappa shape index (κ1) is 24.6. The Bertz CT molecular complexity index is 2230. The minimum absolute atomic E-state index is 0.964. The van der Waals surface area contributed by atoms with Crippen LogP contribution in [-0.4, -0.2) is 19.1 Å². The highest BCUT2D eigenvalue weighted by molar-refractivity contribution is 6.09. The first-order chi connectivity index (χ1) is 21.8. The van der Waals surface area contributed by atoms with Crippen molar-refractivity contribution in [3.8, 4) is 33.6 Å². The molecule has 44 heavy (non-hydrogen) atoms. The van der Waals surface area contributed by atoms with Crippen molar-refractivity contribution in [3.63, 3.8) is 0 Å². The molecule has 4 heterocycles. The van der Waals surface area contributed by atoms with E-state index in [2.05, 4.69) is 143 Å². The van der Waals surface area contributed by atoms with E-state index in [0.29, 0.717) is 0 Å². The van der Waals surface area contributed by atoms with Crippen LogP contribution in [0.5, 0.6) is 0 Å². The Labute approximate surface area is 254 Å². The second kappa shape index (κ2) is 9.79. The van der Waals surface area contributed by atoms with E-state index >= 15 is 0 Å². The van der Waals surface area contributed by atoms with Gasteiger partial charge in [0.2, 0.25) is 0 Å². The molecule has 0 bridgehead atoms. The summed E-state index contributed by atoms with van der Waals surface area (Å²) in [5, 5.41) is 4.73. The lowest BCUT2D eigenvalue weighted by atomic mass is 9.94. The van der Waals surface area contributed by atoms with Crippen LogP contribution in [0.3, 0.4) is 0 Å². The van der Waals surface area contributed by atoms with Crippen LogP contribution >= 0.6 is 0 Å². The fourth-order valence-electron chi connectivity index (χ4n) is 6.73. The minimum Gasteiger partial charge on any atom is -0.294 e. The van der Waals surface area contributed by atoms with Crippen molar-refractivity contribution in [2.75, 3.05) is 0 Å². The molecule has 206 valence electrons. The molecule has 0 radical (unpaired) electrons. The molecule has 0 spiro atoms. The highest BCUT2D eigenvalue weighted by Gasteiger charge is 2.16. The Hall–Kier alpha value is -6.00. The zero-order chi connectivity index (χ0) is 29.0. The highest BCUT2D eigenvalue weighted by atomic mass is 15.1. The minimum atomic E-state index is 0.964. The number of aromatic nitrogens is 4. The summed E-state index contributed by atoms with van der Waals surface area (Å²) in [6.07, 6.45) is 3.74. The number of hydrogen-bond donors (Lipinski definition) is 0. The lowest BCUT2D eigenvalue weighted by Crippen LogP contribution is -1.97. The van der Waals surface area contributed by atoms with Crippen molar-refractivity contribution in [1.29, 1.82) is 0 Å². The topological polar surface area (TPSA) is 35.6 Å². The number of pyridine rings is 2. The Balaban J connectivity index is 1.21. The fraction of sp³-hybridized carbons (Fsp3) is 0. The van der Waals surface area contributed by atoms with Gasteiger partial charge >= 0.3 is 0 Å². The lowest BCUT2D eigenvalue weighted by molar-refractivity contribution is 1.13. The third-order valence-electron chi connectivity index (χ3n) is 8.62. The largest absolute Gasteiger partial charge is 0.294 e. The molecule has 9 rings (SSSR count). The van der Waals surface area contributed by atoms with E-state index < -0.39 is 0 Å². The zero-order valence-electron chi connectivity index (χ0n) is 23.8. The van der Waals surface area contributed by atoms with Crippen LogP contribution in [0.1, 0.15) is 0 Å². The highest BCUT2D eigenvalue weighted by Crippen LogP contribution is 2.37. The molecular weight excluding hydrogens is 536 g/mol. The quantitative estimate of drug-likeness (QED) is 0.214. The Kier molecular flexibility index (Phi) is 5.47. The van der Waals surface area contributed by atoms with Crippen molar-refractivity contribution < 1.29 is 0 Å². The van der Waals surface area contributed by atoms with Crippen molar-refractivity contribution in [3.05, 3.63) is 158 Å². The number of nitrogens with zero attached hydrogens (tertiary/aromatic N) is 4. The van der Waals surface area contributed by atoms with Gasteiger partial charge in [0.25, 0.3) is 0 Å². The van der Waals surface area contributed by atoms with Crippen LogP contribution in [0, 0.1) is 0 Å². The van der Waals surface area contributed by atoms with Crippen LogP contribution in [-0.2, 0) is 0 Å². The predicted octanol–water partition coefficient (Wildman–Crippen LogP) is 10.0. The van der Waals surface area contributed by atoms with Gasteiger partial charge in [-0.3, -0.25) is 9.13 Å². The normalized spacial score (nSPS) is 11.6. The first-order valence-corrected chi connectivity index (χ1v) is 14.8. The van der Waals surface area contributed by atoms with Crippen LogP contribution < -0.4 is 0 Å². The average Bonchev–Trinajstić information content (AvgIpc) is 3.62. The molecule has 0 saturated carbocycles. The third kappa shape index (κ3) is 3.71. The zero-order valence-corrected chi connectivity index (χ0v) is 23.8. The van der Waals surface area contributed by atoms with Gasteiger partial charge in [-0.1, -0.05) is 84.9 Å². The molecule has 4 aromatic heterocycles. The van der Waals surface area contributed by atoms with E-state index in [1.807, 2.05) is 24.5 Å². The van der Waals surface area contributed by atoms with Crippen molar-refractivity contribution in [2.24, 2.45) is 0 Å². The summed E-state index contributed by atoms with van der Waals surface area (Å²) in [4.78, 5) is 9.59. The summed E-state index contributed by atoms with van der Waals surface area (Å²) in [6, 6.07) is 51.6. The second-order valence-corrected chi connectivity index (χ2v) is 11.1. The average molecular weight is 563 g/mol. The molecule has 9 aromatic rings. The molecule has 0 atom stereocenters. The third-order valence-corrected chi connectivity index (χ3v) is 8.62. The molecular formula is C40H26N4. The maximum absolute atomic E-state index is 4.80. The molecule has 0 saturated heterocycles. The summed E-state index contributed by atoms with van der Waals surface area (Å²) in [5.41, 5.74) is 11.1. The molecule has 0 N–H and O–H groups in total. The molecule has 0 fully saturated rings. The summed E-state index contributed by atoms with van der Waals surface area (Å²) in [5.74, 6) is 0. The number of benzene rings is 5. The van der Waals surface area contributed by atoms with Crippen LogP contribution in [0.4, 0.5) is 0 Å². The Morgan fingerprint density at radius 3 is 1.30 bits per heavy atom. The lowest BCUT2D eigenvalue weighted by Gasteiger charge is -2.14. The van der Waals surface area contributed by atoms with E-state index in [-0.39, 0.29) is 0 Å². The van der Waals surface area contributed by atoms with E-state index in [0.717, 1.165) is 55.6 Å². The molecule has 0 aliphatic rings. The smallest absolute Gasteiger partial charge is 0.145 e. The summed E-state index contributed by atoms with van der Waals surface area (Å²) >= 11 is 0. The van der Waals surface area contributed by atoms with E-state index in [1.165, 1.54) is 21.9 Å². The van der Waals surface area contributed by atoms with Crippen LogP contribution in [0.15, 0.2) is 158 Å². The van der Waals surface area contributed by atoms with E-state index in [1.54, 1.807) is 0 Å². The van der Waals surface area contributed by atoms with Gasteiger partial charge in [-0.05, 0) is 82.9 Å². The number of hydrogen-bond acceptors (Lipinski definition) is 2. The number of rotatable bonds is 4.